The van der Waals surface area contributed by atoms with Gasteiger partial charge in [-0.2, -0.15) is 4.31 Å². The van der Waals surface area contributed by atoms with Gasteiger partial charge in [0.2, 0.25) is 15.9 Å². The summed E-state index contributed by atoms with van der Waals surface area (Å²) in [6, 6.07) is 14.0. The van der Waals surface area contributed by atoms with Crippen LogP contribution in [0.15, 0.2) is 59.5 Å². The summed E-state index contributed by atoms with van der Waals surface area (Å²) >= 11 is 0. The number of nitrogens with one attached hydrogen (secondary N) is 1. The van der Waals surface area contributed by atoms with Crippen molar-refractivity contribution in [1.29, 1.82) is 0 Å². The van der Waals surface area contributed by atoms with Crippen LogP contribution in [0, 0.1) is 11.8 Å². The number of nitrogens with zero attached hydrogens (tertiary/aromatic N) is 2. The Bertz CT molecular complexity index is 1120. The molecule has 2 aromatic rings. The highest BCUT2D eigenvalue weighted by Gasteiger charge is 2.33. The Kier molecular flexibility index (Phi) is 11.1. The second-order valence-corrected chi connectivity index (χ2v) is 12.0. The predicted molar refractivity (Wildman–Crippen MR) is 141 cm³/mol. The molecule has 0 unspecified atom stereocenters. The largest absolute Gasteiger partial charge is 0.530 e. The Hall–Kier alpha value is -2.95. The monoisotopic (exact) mass is 532 g/mol. The average Bonchev–Trinajstić information content (AvgIpc) is 2.80. The van der Waals surface area contributed by atoms with Crippen LogP contribution in [0.5, 0.6) is 0 Å². The molecule has 0 aromatic heterocycles. The molecular formula is C27H38N3O6S-. The van der Waals surface area contributed by atoms with E-state index >= 15 is 0 Å². The van der Waals surface area contributed by atoms with Crippen molar-refractivity contribution < 1.29 is 28.2 Å². The second kappa shape index (κ2) is 13.6. The number of hydrogen-bond acceptors (Lipinski definition) is 6. The SMILES string of the molecule is CC(=O)Nc1ccc(S(=O)(=O)N(CC(C)C)C[C@@H](O)[C@H](Cc2ccccc2)N(CC(C)C)C(=O)[O-])cc1. The van der Waals surface area contributed by atoms with Crippen LogP contribution in [0.2, 0.25) is 0 Å². The van der Waals surface area contributed by atoms with E-state index in [-0.39, 0.29) is 48.7 Å². The van der Waals surface area contributed by atoms with Crippen LogP contribution in [0.4, 0.5) is 10.5 Å². The molecular weight excluding hydrogens is 494 g/mol. The lowest BCUT2D eigenvalue weighted by Gasteiger charge is -2.39. The first-order chi connectivity index (χ1) is 17.3. The van der Waals surface area contributed by atoms with Crippen LogP contribution in [-0.4, -0.2) is 66.5 Å². The molecule has 37 heavy (non-hydrogen) atoms. The van der Waals surface area contributed by atoms with Gasteiger partial charge in [-0.05, 0) is 48.1 Å². The third-order valence-electron chi connectivity index (χ3n) is 5.70. The highest BCUT2D eigenvalue weighted by molar-refractivity contribution is 7.89. The van der Waals surface area contributed by atoms with Gasteiger partial charge in [0.15, 0.2) is 0 Å². The van der Waals surface area contributed by atoms with E-state index in [9.17, 15) is 28.2 Å². The smallest absolute Gasteiger partial charge is 0.243 e. The van der Waals surface area contributed by atoms with Crippen molar-refractivity contribution in [3.63, 3.8) is 0 Å². The minimum atomic E-state index is -4.03. The fourth-order valence-electron chi connectivity index (χ4n) is 4.12. The van der Waals surface area contributed by atoms with Crippen LogP contribution < -0.4 is 10.4 Å². The quantitative estimate of drug-likeness (QED) is 0.408. The highest BCUT2D eigenvalue weighted by Crippen LogP contribution is 2.22. The fourth-order valence-corrected chi connectivity index (χ4v) is 5.74. The zero-order chi connectivity index (χ0) is 27.8. The van der Waals surface area contributed by atoms with Crippen molar-refractivity contribution in [1.82, 2.24) is 9.21 Å². The molecule has 0 bridgehead atoms. The zero-order valence-electron chi connectivity index (χ0n) is 22.1. The van der Waals surface area contributed by atoms with Crippen LogP contribution in [0.25, 0.3) is 0 Å². The molecule has 0 heterocycles. The molecule has 2 atom stereocenters. The van der Waals surface area contributed by atoms with E-state index in [2.05, 4.69) is 5.32 Å². The minimum Gasteiger partial charge on any atom is -0.530 e. The maximum atomic E-state index is 13.6. The van der Waals surface area contributed by atoms with E-state index in [1.165, 1.54) is 35.5 Å². The summed E-state index contributed by atoms with van der Waals surface area (Å²) < 4.78 is 28.4. The van der Waals surface area contributed by atoms with Crippen molar-refractivity contribution in [3.05, 3.63) is 60.2 Å². The summed E-state index contributed by atoms with van der Waals surface area (Å²) in [5.74, 6) is -0.356. The lowest BCUT2D eigenvalue weighted by Crippen LogP contribution is -2.57. The molecule has 10 heteroatoms. The summed E-state index contributed by atoms with van der Waals surface area (Å²) in [4.78, 5) is 24.5. The molecule has 2 N–H and O–H groups in total. The highest BCUT2D eigenvalue weighted by atomic mass is 32.2. The van der Waals surface area contributed by atoms with Crippen LogP contribution in [0.1, 0.15) is 40.2 Å². The Balaban J connectivity index is 2.41. The minimum absolute atomic E-state index is 0.00741. The topological polar surface area (TPSA) is 130 Å². The van der Waals surface area contributed by atoms with Gasteiger partial charge in [-0.3, -0.25) is 4.79 Å². The fraction of sp³-hybridized carbons (Fsp3) is 0.481. The first-order valence-electron chi connectivity index (χ1n) is 12.4. The molecule has 0 radical (unpaired) electrons. The van der Waals surface area contributed by atoms with Crippen LogP contribution in [0.3, 0.4) is 0 Å². The molecule has 0 aliphatic carbocycles. The lowest BCUT2D eigenvalue weighted by molar-refractivity contribution is -0.270. The normalized spacial score (nSPS) is 13.5. The number of rotatable bonds is 13. The molecule has 0 saturated heterocycles. The third-order valence-corrected chi connectivity index (χ3v) is 7.55. The number of carbonyl (C=O) groups is 2. The Labute approximate surface area is 220 Å². The molecule has 0 fully saturated rings. The third kappa shape index (κ3) is 9.14. The van der Waals surface area contributed by atoms with Crippen LogP contribution in [-0.2, 0) is 21.2 Å². The first kappa shape index (κ1) is 30.3. The summed E-state index contributed by atoms with van der Waals surface area (Å²) in [5.41, 5.74) is 1.27. The van der Waals surface area contributed by atoms with Gasteiger partial charge < -0.3 is 25.2 Å². The van der Waals surface area contributed by atoms with Gasteiger partial charge >= 0.3 is 0 Å². The van der Waals surface area contributed by atoms with E-state index in [0.717, 1.165) is 10.5 Å². The number of aliphatic hydroxyl groups excluding tert-OH is 1. The number of carbonyl (C=O) groups excluding carboxylic acids is 2. The van der Waals surface area contributed by atoms with Gasteiger partial charge in [0.05, 0.1) is 17.0 Å². The maximum absolute atomic E-state index is 13.6. The number of aliphatic hydroxyl groups is 1. The van der Waals surface area contributed by atoms with Gasteiger partial charge in [0.25, 0.3) is 0 Å². The number of amides is 2. The van der Waals surface area contributed by atoms with Gasteiger partial charge in [-0.15, -0.1) is 0 Å². The van der Waals surface area contributed by atoms with Gasteiger partial charge in [-0.25, -0.2) is 8.42 Å². The molecule has 204 valence electrons. The molecule has 2 amide bonds. The molecule has 9 nitrogen and oxygen atoms in total. The van der Waals surface area contributed by atoms with Crippen molar-refractivity contribution in [3.8, 4) is 0 Å². The number of sulfonamides is 1. The molecule has 2 aromatic carbocycles. The van der Waals surface area contributed by atoms with Crippen molar-refractivity contribution in [2.45, 2.75) is 58.1 Å². The predicted octanol–water partition coefficient (Wildman–Crippen LogP) is 2.57. The lowest BCUT2D eigenvalue weighted by atomic mass is 9.98. The van der Waals surface area contributed by atoms with E-state index in [4.69, 9.17) is 0 Å². The number of hydrogen-bond donors (Lipinski definition) is 2. The van der Waals surface area contributed by atoms with Crippen molar-refractivity contribution in [2.24, 2.45) is 11.8 Å². The molecule has 0 aliphatic rings. The number of anilines is 1. The van der Waals surface area contributed by atoms with Gasteiger partial charge in [0, 0.05) is 32.2 Å². The first-order valence-corrected chi connectivity index (χ1v) is 13.8. The Morgan fingerprint density at radius 3 is 1.97 bits per heavy atom. The summed E-state index contributed by atoms with van der Waals surface area (Å²) in [7, 11) is -4.03. The van der Waals surface area contributed by atoms with E-state index < -0.39 is 28.3 Å². The van der Waals surface area contributed by atoms with Gasteiger partial charge in [-0.1, -0.05) is 58.0 Å². The summed E-state index contributed by atoms with van der Waals surface area (Å²) in [6.07, 6.45) is -2.53. The molecule has 0 saturated carbocycles. The molecule has 0 spiro atoms. The Morgan fingerprint density at radius 2 is 1.49 bits per heavy atom. The average molecular weight is 533 g/mol. The number of benzene rings is 2. The van der Waals surface area contributed by atoms with E-state index in [0.29, 0.717) is 5.69 Å². The molecule has 0 aliphatic heterocycles. The molecule has 2 rings (SSSR count). The zero-order valence-corrected chi connectivity index (χ0v) is 22.9. The summed E-state index contributed by atoms with van der Waals surface area (Å²) in [6.45, 7) is 8.78. The maximum Gasteiger partial charge on any atom is 0.243 e. The van der Waals surface area contributed by atoms with E-state index in [1.54, 1.807) is 0 Å². The Morgan fingerprint density at radius 1 is 0.919 bits per heavy atom. The second-order valence-electron chi connectivity index (χ2n) is 10.1. The van der Waals surface area contributed by atoms with E-state index in [1.807, 2.05) is 58.0 Å². The number of carboxylic acid groups (broad SMARTS) is 1. The van der Waals surface area contributed by atoms with Crippen molar-refractivity contribution >= 4 is 27.7 Å². The van der Waals surface area contributed by atoms with Crippen molar-refractivity contribution in [2.75, 3.05) is 25.0 Å². The standard InChI is InChI=1S/C27H39N3O6S/c1-19(2)16-29(37(35,36)24-13-11-23(12-14-24)28-21(5)31)18-26(32)25(15-22-9-7-6-8-10-22)30(27(33)34)17-20(3)4/h6-14,19-20,25-26,32H,15-18H2,1-5H3,(H,28,31)(H,33,34)/p-1/t25-,26+/m0/s1. The van der Waals surface area contributed by atoms with Crippen LogP contribution >= 0.6 is 0 Å². The van der Waals surface area contributed by atoms with Gasteiger partial charge in [0.1, 0.15) is 6.09 Å². The summed E-state index contributed by atoms with van der Waals surface area (Å²) in [5, 5.41) is 26.1.